The standard InChI is InChI=1S/C13H16N4O3/c1-8-16-12(20-17-8)5-6-15-13(18)10-4-3-9(14)7-11(10)19-2/h3-4,7H,5-6,14H2,1-2H3,(H,15,18). The van der Waals surface area contributed by atoms with E-state index >= 15 is 0 Å². The van der Waals surface area contributed by atoms with Crippen molar-refractivity contribution in [2.24, 2.45) is 0 Å². The molecule has 1 amide bonds. The van der Waals surface area contributed by atoms with Crippen molar-refractivity contribution in [2.75, 3.05) is 19.4 Å². The molecule has 1 aromatic carbocycles. The van der Waals surface area contributed by atoms with Gasteiger partial charge in [0.1, 0.15) is 5.75 Å². The monoisotopic (exact) mass is 276 g/mol. The normalized spacial score (nSPS) is 10.3. The van der Waals surface area contributed by atoms with Crippen molar-refractivity contribution in [2.45, 2.75) is 13.3 Å². The average Bonchev–Trinajstić information content (AvgIpc) is 2.84. The Labute approximate surface area is 116 Å². The lowest BCUT2D eigenvalue weighted by Gasteiger charge is -2.09. The Bertz CT molecular complexity index is 609. The maximum Gasteiger partial charge on any atom is 0.255 e. The first-order valence-electron chi connectivity index (χ1n) is 6.11. The Morgan fingerprint density at radius 2 is 2.30 bits per heavy atom. The second-order valence-corrected chi connectivity index (χ2v) is 4.20. The van der Waals surface area contributed by atoms with Gasteiger partial charge in [0, 0.05) is 24.7 Å². The highest BCUT2D eigenvalue weighted by atomic mass is 16.5. The van der Waals surface area contributed by atoms with Crippen LogP contribution in [0.1, 0.15) is 22.1 Å². The van der Waals surface area contributed by atoms with Gasteiger partial charge in [0.2, 0.25) is 5.89 Å². The molecule has 0 atom stereocenters. The highest BCUT2D eigenvalue weighted by Crippen LogP contribution is 2.21. The molecule has 0 aliphatic heterocycles. The van der Waals surface area contributed by atoms with E-state index in [1.165, 1.54) is 7.11 Å². The fourth-order valence-electron chi connectivity index (χ4n) is 1.72. The van der Waals surface area contributed by atoms with E-state index in [2.05, 4.69) is 15.5 Å². The number of hydrogen-bond acceptors (Lipinski definition) is 6. The van der Waals surface area contributed by atoms with Crippen molar-refractivity contribution in [3.63, 3.8) is 0 Å². The van der Waals surface area contributed by atoms with Crippen molar-refractivity contribution >= 4 is 11.6 Å². The van der Waals surface area contributed by atoms with Crippen molar-refractivity contribution in [1.82, 2.24) is 15.5 Å². The van der Waals surface area contributed by atoms with Crippen LogP contribution in [-0.4, -0.2) is 29.7 Å². The number of nitrogens with two attached hydrogens (primary N) is 1. The summed E-state index contributed by atoms with van der Waals surface area (Å²) in [6, 6.07) is 4.88. The van der Waals surface area contributed by atoms with Crippen LogP contribution < -0.4 is 15.8 Å². The lowest BCUT2D eigenvalue weighted by molar-refractivity contribution is 0.0950. The first kappa shape index (κ1) is 13.9. The average molecular weight is 276 g/mol. The summed E-state index contributed by atoms with van der Waals surface area (Å²) in [7, 11) is 1.49. The van der Waals surface area contributed by atoms with Crippen LogP contribution in [-0.2, 0) is 6.42 Å². The minimum absolute atomic E-state index is 0.238. The summed E-state index contributed by atoms with van der Waals surface area (Å²) in [6.07, 6.45) is 0.476. The Hall–Kier alpha value is -2.57. The van der Waals surface area contributed by atoms with Crippen LogP contribution >= 0.6 is 0 Å². The van der Waals surface area contributed by atoms with Gasteiger partial charge in [-0.25, -0.2) is 0 Å². The van der Waals surface area contributed by atoms with Crippen molar-refractivity contribution in [3.8, 4) is 5.75 Å². The smallest absolute Gasteiger partial charge is 0.255 e. The Morgan fingerprint density at radius 3 is 2.95 bits per heavy atom. The first-order chi connectivity index (χ1) is 9.60. The zero-order valence-corrected chi connectivity index (χ0v) is 11.3. The lowest BCUT2D eigenvalue weighted by Crippen LogP contribution is -2.26. The number of carbonyl (C=O) groups is 1. The van der Waals surface area contributed by atoms with E-state index in [1.54, 1.807) is 25.1 Å². The number of nitrogens with one attached hydrogen (secondary N) is 1. The molecule has 7 nitrogen and oxygen atoms in total. The molecule has 0 radical (unpaired) electrons. The van der Waals surface area contributed by atoms with Gasteiger partial charge in [-0.15, -0.1) is 0 Å². The van der Waals surface area contributed by atoms with Crippen molar-refractivity contribution in [3.05, 3.63) is 35.5 Å². The van der Waals surface area contributed by atoms with E-state index < -0.39 is 0 Å². The van der Waals surface area contributed by atoms with E-state index in [4.69, 9.17) is 15.0 Å². The second-order valence-electron chi connectivity index (χ2n) is 4.20. The zero-order valence-electron chi connectivity index (χ0n) is 11.3. The number of methoxy groups -OCH3 is 1. The number of rotatable bonds is 5. The zero-order chi connectivity index (χ0) is 14.5. The van der Waals surface area contributed by atoms with Gasteiger partial charge in [0.15, 0.2) is 5.82 Å². The van der Waals surface area contributed by atoms with Gasteiger partial charge in [-0.05, 0) is 19.1 Å². The predicted octanol–water partition coefficient (Wildman–Crippen LogP) is 0.941. The number of nitrogen functional groups attached to an aromatic ring is 1. The van der Waals surface area contributed by atoms with Crippen LogP contribution in [0.15, 0.2) is 22.7 Å². The molecule has 1 aromatic heterocycles. The molecule has 2 aromatic rings. The molecule has 0 saturated carbocycles. The molecule has 20 heavy (non-hydrogen) atoms. The fourth-order valence-corrected chi connectivity index (χ4v) is 1.72. The van der Waals surface area contributed by atoms with Crippen LogP contribution in [0.25, 0.3) is 0 Å². The summed E-state index contributed by atoms with van der Waals surface area (Å²) < 4.78 is 10.1. The van der Waals surface area contributed by atoms with Crippen LogP contribution in [0.3, 0.4) is 0 Å². The van der Waals surface area contributed by atoms with Crippen LogP contribution in [0.2, 0.25) is 0 Å². The number of nitrogens with zero attached hydrogens (tertiary/aromatic N) is 2. The number of hydrogen-bond donors (Lipinski definition) is 2. The maximum atomic E-state index is 12.0. The Morgan fingerprint density at radius 1 is 1.50 bits per heavy atom. The molecule has 7 heteroatoms. The minimum atomic E-state index is -0.238. The predicted molar refractivity (Wildman–Crippen MR) is 72.5 cm³/mol. The molecule has 3 N–H and O–H groups in total. The largest absolute Gasteiger partial charge is 0.496 e. The summed E-state index contributed by atoms with van der Waals surface area (Å²) in [4.78, 5) is 16.1. The Kier molecular flexibility index (Phi) is 4.19. The molecule has 0 spiro atoms. The number of carbonyl (C=O) groups excluding carboxylic acids is 1. The Balaban J connectivity index is 1.95. The first-order valence-corrected chi connectivity index (χ1v) is 6.11. The van der Waals surface area contributed by atoms with Crippen LogP contribution in [0.4, 0.5) is 5.69 Å². The lowest BCUT2D eigenvalue weighted by atomic mass is 10.1. The molecule has 0 unspecified atom stereocenters. The van der Waals surface area contributed by atoms with Gasteiger partial charge >= 0.3 is 0 Å². The number of benzene rings is 1. The minimum Gasteiger partial charge on any atom is -0.496 e. The van der Waals surface area contributed by atoms with Gasteiger partial charge in [-0.1, -0.05) is 5.16 Å². The molecule has 0 aliphatic rings. The van der Waals surface area contributed by atoms with Gasteiger partial charge in [0.05, 0.1) is 12.7 Å². The fraction of sp³-hybridized carbons (Fsp3) is 0.308. The van der Waals surface area contributed by atoms with E-state index in [0.29, 0.717) is 41.7 Å². The number of ether oxygens (including phenoxy) is 1. The molecule has 0 bridgehead atoms. The molecule has 1 heterocycles. The number of aryl methyl sites for hydroxylation is 1. The highest BCUT2D eigenvalue weighted by molar-refractivity contribution is 5.97. The summed E-state index contributed by atoms with van der Waals surface area (Å²) in [5.74, 6) is 1.27. The number of aromatic nitrogens is 2. The summed E-state index contributed by atoms with van der Waals surface area (Å²) in [6.45, 7) is 2.14. The summed E-state index contributed by atoms with van der Waals surface area (Å²) >= 11 is 0. The van der Waals surface area contributed by atoms with Gasteiger partial charge in [-0.2, -0.15) is 4.98 Å². The third-order valence-electron chi connectivity index (χ3n) is 2.66. The molecule has 0 fully saturated rings. The van der Waals surface area contributed by atoms with Crippen molar-refractivity contribution < 1.29 is 14.1 Å². The second kappa shape index (κ2) is 6.05. The van der Waals surface area contributed by atoms with Crippen LogP contribution in [0, 0.1) is 6.92 Å². The SMILES string of the molecule is COc1cc(N)ccc1C(=O)NCCc1nc(C)no1. The molecule has 0 saturated heterocycles. The summed E-state index contributed by atoms with van der Waals surface area (Å²) in [5.41, 5.74) is 6.62. The maximum absolute atomic E-state index is 12.0. The molecular formula is C13H16N4O3. The van der Waals surface area contributed by atoms with E-state index in [0.717, 1.165) is 0 Å². The van der Waals surface area contributed by atoms with Crippen molar-refractivity contribution in [1.29, 1.82) is 0 Å². The topological polar surface area (TPSA) is 103 Å². The molecule has 106 valence electrons. The van der Waals surface area contributed by atoms with Gasteiger partial charge in [0.25, 0.3) is 5.91 Å². The molecular weight excluding hydrogens is 260 g/mol. The third kappa shape index (κ3) is 3.25. The van der Waals surface area contributed by atoms with Gasteiger partial charge in [-0.3, -0.25) is 4.79 Å². The number of anilines is 1. The molecule has 0 aliphatic carbocycles. The number of amides is 1. The quantitative estimate of drug-likeness (QED) is 0.788. The van der Waals surface area contributed by atoms with E-state index in [1.807, 2.05) is 0 Å². The molecule has 2 rings (SSSR count). The summed E-state index contributed by atoms with van der Waals surface area (Å²) in [5, 5.41) is 6.44. The van der Waals surface area contributed by atoms with Gasteiger partial charge < -0.3 is 20.3 Å². The van der Waals surface area contributed by atoms with E-state index in [-0.39, 0.29) is 5.91 Å². The van der Waals surface area contributed by atoms with E-state index in [9.17, 15) is 4.79 Å². The highest BCUT2D eigenvalue weighted by Gasteiger charge is 2.12. The third-order valence-corrected chi connectivity index (χ3v) is 2.66. The van der Waals surface area contributed by atoms with Crippen LogP contribution in [0.5, 0.6) is 5.75 Å².